The standard InChI is InChI=1S/C17H27NO3/c1-13-5-6-15(16(11-13)20-4)21-10-9-18-8-7-14(12-18)17(2,3)19/h5-6,11,14,19H,7-10,12H2,1-4H3/t14-/m0/s1. The fraction of sp³-hybridized carbons (Fsp3) is 0.647. The van der Waals surface area contributed by atoms with E-state index in [1.165, 1.54) is 0 Å². The number of nitrogens with zero attached hydrogens (tertiary/aromatic N) is 1. The summed E-state index contributed by atoms with van der Waals surface area (Å²) in [7, 11) is 1.66. The molecule has 1 aromatic carbocycles. The number of aryl methyl sites for hydroxylation is 1. The molecule has 1 aliphatic heterocycles. The van der Waals surface area contributed by atoms with Crippen LogP contribution in [0.3, 0.4) is 0 Å². The summed E-state index contributed by atoms with van der Waals surface area (Å²) in [5.74, 6) is 1.93. The van der Waals surface area contributed by atoms with E-state index in [1.807, 2.05) is 39.0 Å². The Hall–Kier alpha value is -1.26. The van der Waals surface area contributed by atoms with Crippen LogP contribution in [0, 0.1) is 12.8 Å². The number of ether oxygens (including phenoxy) is 2. The minimum absolute atomic E-state index is 0.353. The summed E-state index contributed by atoms with van der Waals surface area (Å²) in [4.78, 5) is 2.35. The van der Waals surface area contributed by atoms with Gasteiger partial charge in [0, 0.05) is 19.0 Å². The largest absolute Gasteiger partial charge is 0.493 e. The number of aliphatic hydroxyl groups is 1. The molecule has 0 aliphatic carbocycles. The third-order valence-electron chi connectivity index (χ3n) is 4.26. The molecule has 0 amide bonds. The average molecular weight is 293 g/mol. The van der Waals surface area contributed by atoms with Crippen LogP contribution < -0.4 is 9.47 Å². The minimum Gasteiger partial charge on any atom is -0.493 e. The second-order valence-electron chi connectivity index (χ2n) is 6.44. The quantitative estimate of drug-likeness (QED) is 0.875. The molecule has 1 aliphatic rings. The Morgan fingerprint density at radius 1 is 1.33 bits per heavy atom. The fourth-order valence-electron chi connectivity index (χ4n) is 2.79. The summed E-state index contributed by atoms with van der Waals surface area (Å²) in [6.07, 6.45) is 1.05. The van der Waals surface area contributed by atoms with Gasteiger partial charge in [-0.05, 0) is 51.4 Å². The number of likely N-dealkylation sites (tertiary alicyclic amines) is 1. The van der Waals surface area contributed by atoms with Gasteiger partial charge in [-0.25, -0.2) is 0 Å². The van der Waals surface area contributed by atoms with Crippen LogP contribution in [-0.4, -0.2) is 49.0 Å². The van der Waals surface area contributed by atoms with Crippen molar-refractivity contribution in [2.75, 3.05) is 33.4 Å². The van der Waals surface area contributed by atoms with Gasteiger partial charge in [0.1, 0.15) is 6.61 Å². The Bertz CT molecular complexity index is 468. The molecule has 1 fully saturated rings. The van der Waals surface area contributed by atoms with Crippen LogP contribution in [-0.2, 0) is 0 Å². The van der Waals surface area contributed by atoms with E-state index in [0.29, 0.717) is 12.5 Å². The molecule has 0 saturated carbocycles. The van der Waals surface area contributed by atoms with Gasteiger partial charge in [-0.3, -0.25) is 4.90 Å². The lowest BCUT2D eigenvalue weighted by molar-refractivity contribution is 0.0206. The van der Waals surface area contributed by atoms with E-state index in [2.05, 4.69) is 4.90 Å². The van der Waals surface area contributed by atoms with Crippen LogP contribution in [0.5, 0.6) is 11.5 Å². The third-order valence-corrected chi connectivity index (χ3v) is 4.26. The molecular formula is C17H27NO3. The smallest absolute Gasteiger partial charge is 0.161 e. The second kappa shape index (κ2) is 6.67. The summed E-state index contributed by atoms with van der Waals surface area (Å²) in [5, 5.41) is 10.1. The number of hydrogen-bond donors (Lipinski definition) is 1. The van der Waals surface area contributed by atoms with Gasteiger partial charge in [-0.2, -0.15) is 0 Å². The molecule has 21 heavy (non-hydrogen) atoms. The Kier molecular flexibility index (Phi) is 5.12. The second-order valence-corrected chi connectivity index (χ2v) is 6.44. The van der Waals surface area contributed by atoms with E-state index in [4.69, 9.17) is 9.47 Å². The van der Waals surface area contributed by atoms with Gasteiger partial charge in [-0.15, -0.1) is 0 Å². The van der Waals surface area contributed by atoms with Crippen LogP contribution in [0.25, 0.3) is 0 Å². The number of hydrogen-bond acceptors (Lipinski definition) is 4. The molecule has 1 aromatic rings. The zero-order valence-electron chi connectivity index (χ0n) is 13.6. The highest BCUT2D eigenvalue weighted by molar-refractivity contribution is 5.42. The summed E-state index contributed by atoms with van der Waals surface area (Å²) >= 11 is 0. The SMILES string of the molecule is COc1cc(C)ccc1OCCN1CC[C@H](C(C)(C)O)C1. The highest BCUT2D eigenvalue weighted by Crippen LogP contribution is 2.29. The predicted molar refractivity (Wildman–Crippen MR) is 84.1 cm³/mol. The average Bonchev–Trinajstić information content (AvgIpc) is 2.89. The Morgan fingerprint density at radius 2 is 2.10 bits per heavy atom. The first-order chi connectivity index (χ1) is 9.90. The molecule has 2 rings (SSSR count). The van der Waals surface area contributed by atoms with E-state index in [1.54, 1.807) is 7.11 Å². The summed E-state index contributed by atoms with van der Waals surface area (Å²) in [6.45, 7) is 9.32. The Balaban J connectivity index is 1.80. The van der Waals surface area contributed by atoms with Crippen LogP contribution in [0.15, 0.2) is 18.2 Å². The number of methoxy groups -OCH3 is 1. The molecule has 118 valence electrons. The van der Waals surface area contributed by atoms with Gasteiger partial charge in [-0.1, -0.05) is 6.07 Å². The van der Waals surface area contributed by atoms with Gasteiger partial charge in [0.05, 0.1) is 12.7 Å². The molecule has 1 saturated heterocycles. The van der Waals surface area contributed by atoms with Crippen molar-refractivity contribution >= 4 is 0 Å². The maximum absolute atomic E-state index is 10.1. The van der Waals surface area contributed by atoms with Gasteiger partial charge >= 0.3 is 0 Å². The monoisotopic (exact) mass is 293 g/mol. The van der Waals surface area contributed by atoms with Gasteiger partial charge < -0.3 is 14.6 Å². The van der Waals surface area contributed by atoms with E-state index < -0.39 is 5.60 Å². The lowest BCUT2D eigenvalue weighted by Gasteiger charge is -2.25. The molecule has 1 heterocycles. The normalized spacial score (nSPS) is 19.8. The van der Waals surface area contributed by atoms with Crippen molar-refractivity contribution in [3.8, 4) is 11.5 Å². The lowest BCUT2D eigenvalue weighted by atomic mass is 9.90. The summed E-state index contributed by atoms with van der Waals surface area (Å²) in [6, 6.07) is 5.96. The van der Waals surface area contributed by atoms with E-state index in [-0.39, 0.29) is 0 Å². The zero-order chi connectivity index (χ0) is 15.5. The van der Waals surface area contributed by atoms with Crippen molar-refractivity contribution in [1.82, 2.24) is 4.90 Å². The molecule has 0 spiro atoms. The first kappa shape index (κ1) is 16.1. The minimum atomic E-state index is -0.588. The molecule has 4 nitrogen and oxygen atoms in total. The molecule has 1 N–H and O–H groups in total. The molecule has 0 unspecified atom stereocenters. The van der Waals surface area contributed by atoms with Crippen molar-refractivity contribution in [2.24, 2.45) is 5.92 Å². The van der Waals surface area contributed by atoms with Crippen molar-refractivity contribution < 1.29 is 14.6 Å². The van der Waals surface area contributed by atoms with Crippen molar-refractivity contribution in [2.45, 2.75) is 32.8 Å². The first-order valence-electron chi connectivity index (χ1n) is 7.62. The number of benzene rings is 1. The van der Waals surface area contributed by atoms with Crippen LogP contribution >= 0.6 is 0 Å². The Labute approximate surface area is 127 Å². The van der Waals surface area contributed by atoms with E-state index >= 15 is 0 Å². The molecule has 0 aromatic heterocycles. The predicted octanol–water partition coefficient (Wildman–Crippen LogP) is 2.48. The van der Waals surface area contributed by atoms with Crippen LogP contribution in [0.4, 0.5) is 0 Å². The van der Waals surface area contributed by atoms with E-state index in [0.717, 1.165) is 43.1 Å². The first-order valence-corrected chi connectivity index (χ1v) is 7.62. The maximum atomic E-state index is 10.1. The summed E-state index contributed by atoms with van der Waals surface area (Å²) < 4.78 is 11.2. The third kappa shape index (κ3) is 4.35. The molecule has 1 atom stereocenters. The molecule has 0 radical (unpaired) electrons. The summed E-state index contributed by atoms with van der Waals surface area (Å²) in [5.41, 5.74) is 0.572. The van der Waals surface area contributed by atoms with Crippen LogP contribution in [0.1, 0.15) is 25.8 Å². The molecular weight excluding hydrogens is 266 g/mol. The number of rotatable bonds is 6. The van der Waals surface area contributed by atoms with Crippen molar-refractivity contribution in [3.05, 3.63) is 23.8 Å². The maximum Gasteiger partial charge on any atom is 0.161 e. The van der Waals surface area contributed by atoms with Gasteiger partial charge in [0.15, 0.2) is 11.5 Å². The highest BCUT2D eigenvalue weighted by atomic mass is 16.5. The fourth-order valence-corrected chi connectivity index (χ4v) is 2.79. The Morgan fingerprint density at radius 3 is 2.71 bits per heavy atom. The van der Waals surface area contributed by atoms with Crippen molar-refractivity contribution in [1.29, 1.82) is 0 Å². The van der Waals surface area contributed by atoms with E-state index in [9.17, 15) is 5.11 Å². The lowest BCUT2D eigenvalue weighted by Crippen LogP contribution is -2.34. The van der Waals surface area contributed by atoms with Crippen molar-refractivity contribution in [3.63, 3.8) is 0 Å². The highest BCUT2D eigenvalue weighted by Gasteiger charge is 2.33. The van der Waals surface area contributed by atoms with Gasteiger partial charge in [0.25, 0.3) is 0 Å². The molecule has 4 heteroatoms. The zero-order valence-corrected chi connectivity index (χ0v) is 13.6. The van der Waals surface area contributed by atoms with Gasteiger partial charge in [0.2, 0.25) is 0 Å². The van der Waals surface area contributed by atoms with Crippen LogP contribution in [0.2, 0.25) is 0 Å². The topological polar surface area (TPSA) is 41.9 Å². The molecule has 0 bridgehead atoms.